The maximum absolute atomic E-state index is 4.34. The van der Waals surface area contributed by atoms with Crippen molar-refractivity contribution in [2.45, 2.75) is 31.7 Å². The molecule has 4 heteroatoms. The van der Waals surface area contributed by atoms with Crippen molar-refractivity contribution >= 4 is 15.9 Å². The Morgan fingerprint density at radius 1 is 1.47 bits per heavy atom. The molecule has 0 aliphatic carbocycles. The highest BCUT2D eigenvalue weighted by Gasteiger charge is 2.20. The molecule has 82 valence electrons. The van der Waals surface area contributed by atoms with E-state index in [1.54, 1.807) is 6.20 Å². The van der Waals surface area contributed by atoms with Gasteiger partial charge in [0.05, 0.1) is 11.9 Å². The number of halogens is 1. The number of hydrogen-bond acceptors (Lipinski definition) is 3. The van der Waals surface area contributed by atoms with Gasteiger partial charge in [0.25, 0.3) is 0 Å². The molecular weight excluding hydrogens is 254 g/mol. The first-order chi connectivity index (χ1) is 7.25. The first-order valence-electron chi connectivity index (χ1n) is 5.42. The fourth-order valence-corrected chi connectivity index (χ4v) is 2.33. The number of likely N-dealkylation sites (tertiary alicyclic amines) is 1. The van der Waals surface area contributed by atoms with E-state index >= 15 is 0 Å². The lowest BCUT2D eigenvalue weighted by Gasteiger charge is -2.18. The maximum atomic E-state index is 4.34. The van der Waals surface area contributed by atoms with Crippen LogP contribution in [0.25, 0.3) is 0 Å². The number of hydrogen-bond donors (Lipinski definition) is 0. The lowest BCUT2D eigenvalue weighted by molar-refractivity contribution is 0.296. The van der Waals surface area contributed by atoms with Gasteiger partial charge in [-0.3, -0.25) is 4.98 Å². The van der Waals surface area contributed by atoms with Gasteiger partial charge < -0.3 is 4.90 Å². The van der Waals surface area contributed by atoms with Crippen molar-refractivity contribution in [3.63, 3.8) is 0 Å². The molecule has 0 aromatic carbocycles. The van der Waals surface area contributed by atoms with E-state index in [1.165, 1.54) is 25.8 Å². The van der Waals surface area contributed by atoms with Gasteiger partial charge in [-0.05, 0) is 55.2 Å². The van der Waals surface area contributed by atoms with Gasteiger partial charge in [-0.1, -0.05) is 0 Å². The summed E-state index contributed by atoms with van der Waals surface area (Å²) < 4.78 is 0.809. The van der Waals surface area contributed by atoms with Crippen LogP contribution in [0, 0.1) is 0 Å². The molecule has 2 rings (SSSR count). The average Bonchev–Trinajstić information content (AvgIpc) is 2.63. The van der Waals surface area contributed by atoms with E-state index in [4.69, 9.17) is 0 Å². The number of nitrogens with zero attached hydrogens (tertiary/aromatic N) is 3. The van der Waals surface area contributed by atoms with Crippen LogP contribution in [0.1, 0.15) is 25.0 Å². The summed E-state index contributed by atoms with van der Waals surface area (Å²) in [5, 5.41) is 0. The number of aryl methyl sites for hydroxylation is 1. The van der Waals surface area contributed by atoms with Crippen LogP contribution < -0.4 is 0 Å². The molecule has 1 aromatic rings. The second kappa shape index (κ2) is 5.03. The minimum atomic E-state index is 0.746. The van der Waals surface area contributed by atoms with Crippen LogP contribution in [0.2, 0.25) is 0 Å². The molecule has 1 saturated heterocycles. The van der Waals surface area contributed by atoms with Crippen LogP contribution in [0.3, 0.4) is 0 Å². The Morgan fingerprint density at radius 2 is 2.33 bits per heavy atom. The Kier molecular flexibility index (Phi) is 3.70. The van der Waals surface area contributed by atoms with E-state index in [-0.39, 0.29) is 0 Å². The molecule has 1 aliphatic heterocycles. The van der Waals surface area contributed by atoms with Crippen LogP contribution in [0.5, 0.6) is 0 Å². The third-order valence-electron chi connectivity index (χ3n) is 3.08. The molecule has 1 fully saturated rings. The standard InChI is InChI=1S/C11H16BrN3/c1-15-6-2-3-10(15)5-4-9-7-14-11(12)8-13-9/h7-8,10H,2-6H2,1H3. The summed E-state index contributed by atoms with van der Waals surface area (Å²) in [6, 6.07) is 0.746. The molecule has 0 saturated carbocycles. The predicted octanol–water partition coefficient (Wildman–Crippen LogP) is 2.27. The molecule has 15 heavy (non-hydrogen) atoms. The van der Waals surface area contributed by atoms with Gasteiger partial charge in [0.2, 0.25) is 0 Å². The molecular formula is C11H16BrN3. The molecule has 1 unspecified atom stereocenters. The highest BCUT2D eigenvalue weighted by atomic mass is 79.9. The minimum absolute atomic E-state index is 0.746. The first kappa shape index (κ1) is 11.0. The largest absolute Gasteiger partial charge is 0.303 e. The van der Waals surface area contributed by atoms with Gasteiger partial charge in [0.1, 0.15) is 4.60 Å². The zero-order valence-electron chi connectivity index (χ0n) is 8.99. The Morgan fingerprint density at radius 3 is 2.93 bits per heavy atom. The molecule has 3 nitrogen and oxygen atoms in total. The Hall–Kier alpha value is -0.480. The lowest BCUT2D eigenvalue weighted by atomic mass is 10.1. The first-order valence-corrected chi connectivity index (χ1v) is 6.21. The van der Waals surface area contributed by atoms with Crippen LogP contribution >= 0.6 is 15.9 Å². The second-order valence-corrected chi connectivity index (χ2v) is 4.96. The Bertz CT molecular complexity index is 312. The molecule has 1 atom stereocenters. The third kappa shape index (κ3) is 2.98. The van der Waals surface area contributed by atoms with Crippen molar-refractivity contribution in [1.29, 1.82) is 0 Å². The molecule has 0 amide bonds. The average molecular weight is 270 g/mol. The minimum Gasteiger partial charge on any atom is -0.303 e. The van der Waals surface area contributed by atoms with Gasteiger partial charge in [-0.25, -0.2) is 4.98 Å². The summed E-state index contributed by atoms with van der Waals surface area (Å²) in [7, 11) is 2.21. The zero-order chi connectivity index (χ0) is 10.7. The predicted molar refractivity (Wildman–Crippen MR) is 63.7 cm³/mol. The van der Waals surface area contributed by atoms with Gasteiger partial charge in [-0.2, -0.15) is 0 Å². The van der Waals surface area contributed by atoms with Gasteiger partial charge in [0.15, 0.2) is 0 Å². The Balaban J connectivity index is 1.85. The van der Waals surface area contributed by atoms with Crippen molar-refractivity contribution in [3.05, 3.63) is 22.7 Å². The van der Waals surface area contributed by atoms with Gasteiger partial charge >= 0.3 is 0 Å². The van der Waals surface area contributed by atoms with Crippen LogP contribution in [-0.4, -0.2) is 34.5 Å². The topological polar surface area (TPSA) is 29.0 Å². The smallest absolute Gasteiger partial charge is 0.124 e. The molecule has 0 bridgehead atoms. The van der Waals surface area contributed by atoms with E-state index in [1.807, 2.05) is 6.20 Å². The SMILES string of the molecule is CN1CCCC1CCc1cnc(Br)cn1. The second-order valence-electron chi connectivity index (χ2n) is 4.15. The summed E-state index contributed by atoms with van der Waals surface area (Å²) in [6.07, 6.45) is 8.54. The van der Waals surface area contributed by atoms with E-state index in [0.29, 0.717) is 0 Å². The van der Waals surface area contributed by atoms with Gasteiger partial charge in [0, 0.05) is 12.2 Å². The third-order valence-corrected chi connectivity index (χ3v) is 3.49. The van der Waals surface area contributed by atoms with Crippen LogP contribution in [0.4, 0.5) is 0 Å². The van der Waals surface area contributed by atoms with Crippen molar-refractivity contribution in [2.75, 3.05) is 13.6 Å². The maximum Gasteiger partial charge on any atom is 0.124 e. The van der Waals surface area contributed by atoms with E-state index in [9.17, 15) is 0 Å². The molecule has 2 heterocycles. The van der Waals surface area contributed by atoms with Crippen LogP contribution in [0.15, 0.2) is 17.0 Å². The summed E-state index contributed by atoms with van der Waals surface area (Å²) in [4.78, 5) is 11.0. The van der Waals surface area contributed by atoms with E-state index in [0.717, 1.165) is 22.8 Å². The van der Waals surface area contributed by atoms with Crippen molar-refractivity contribution in [3.8, 4) is 0 Å². The van der Waals surface area contributed by atoms with E-state index < -0.39 is 0 Å². The van der Waals surface area contributed by atoms with Crippen molar-refractivity contribution in [1.82, 2.24) is 14.9 Å². The fraction of sp³-hybridized carbons (Fsp3) is 0.636. The summed E-state index contributed by atoms with van der Waals surface area (Å²) in [6.45, 7) is 1.25. The monoisotopic (exact) mass is 269 g/mol. The summed E-state index contributed by atoms with van der Waals surface area (Å²) >= 11 is 3.29. The summed E-state index contributed by atoms with van der Waals surface area (Å²) in [5.41, 5.74) is 1.10. The molecule has 1 aromatic heterocycles. The highest BCUT2D eigenvalue weighted by molar-refractivity contribution is 9.10. The zero-order valence-corrected chi connectivity index (χ0v) is 10.6. The van der Waals surface area contributed by atoms with Gasteiger partial charge in [-0.15, -0.1) is 0 Å². The van der Waals surface area contributed by atoms with Crippen LogP contribution in [-0.2, 0) is 6.42 Å². The molecule has 0 spiro atoms. The Labute approximate surface area is 99.0 Å². The number of rotatable bonds is 3. The normalized spacial score (nSPS) is 22.1. The number of aromatic nitrogens is 2. The highest BCUT2D eigenvalue weighted by Crippen LogP contribution is 2.19. The molecule has 0 N–H and O–H groups in total. The summed E-state index contributed by atoms with van der Waals surface area (Å²) in [5.74, 6) is 0. The fourth-order valence-electron chi connectivity index (χ4n) is 2.13. The molecule has 0 radical (unpaired) electrons. The quantitative estimate of drug-likeness (QED) is 0.843. The molecule has 1 aliphatic rings. The van der Waals surface area contributed by atoms with Crippen molar-refractivity contribution in [2.24, 2.45) is 0 Å². The van der Waals surface area contributed by atoms with E-state index in [2.05, 4.69) is 37.8 Å². The lowest BCUT2D eigenvalue weighted by Crippen LogP contribution is -2.25. The van der Waals surface area contributed by atoms with Crippen molar-refractivity contribution < 1.29 is 0 Å².